The van der Waals surface area contributed by atoms with Crippen LogP contribution in [0, 0.1) is 5.92 Å². The first-order valence-electron chi connectivity index (χ1n) is 6.52. The Morgan fingerprint density at radius 2 is 1.57 bits per heavy atom. The standard InChI is InChI=1S/C13H29N/c1-4-6-8-11-14-12-9-7-10-13(3)5-2/h13-14H,4-12H2,1-3H3. The lowest BCUT2D eigenvalue weighted by molar-refractivity contribution is 0.474. The molecular weight excluding hydrogens is 170 g/mol. The third-order valence-corrected chi connectivity index (χ3v) is 2.95. The number of hydrogen-bond donors (Lipinski definition) is 1. The van der Waals surface area contributed by atoms with Gasteiger partial charge in [-0.1, -0.05) is 52.9 Å². The van der Waals surface area contributed by atoms with Crippen LogP contribution in [-0.4, -0.2) is 13.1 Å². The van der Waals surface area contributed by atoms with Gasteiger partial charge < -0.3 is 5.32 Å². The molecule has 1 nitrogen and oxygen atoms in total. The molecule has 0 saturated heterocycles. The molecule has 0 rings (SSSR count). The zero-order chi connectivity index (χ0) is 10.6. The van der Waals surface area contributed by atoms with E-state index in [1.165, 1.54) is 58.0 Å². The van der Waals surface area contributed by atoms with Crippen molar-refractivity contribution in [3.8, 4) is 0 Å². The monoisotopic (exact) mass is 199 g/mol. The molecule has 1 atom stereocenters. The van der Waals surface area contributed by atoms with Gasteiger partial charge in [-0.3, -0.25) is 0 Å². The summed E-state index contributed by atoms with van der Waals surface area (Å²) in [6, 6.07) is 0. The first kappa shape index (κ1) is 14.0. The molecule has 0 aliphatic rings. The maximum Gasteiger partial charge on any atom is -0.00489 e. The molecule has 0 amide bonds. The highest BCUT2D eigenvalue weighted by molar-refractivity contribution is 4.53. The predicted molar refractivity (Wildman–Crippen MR) is 65.7 cm³/mol. The molecule has 1 unspecified atom stereocenters. The fourth-order valence-electron chi connectivity index (χ4n) is 1.57. The summed E-state index contributed by atoms with van der Waals surface area (Å²) in [6.45, 7) is 9.34. The maximum atomic E-state index is 3.51. The van der Waals surface area contributed by atoms with E-state index >= 15 is 0 Å². The zero-order valence-electron chi connectivity index (χ0n) is 10.4. The highest BCUT2D eigenvalue weighted by Crippen LogP contribution is 2.10. The van der Waals surface area contributed by atoms with E-state index in [1.54, 1.807) is 0 Å². The summed E-state index contributed by atoms with van der Waals surface area (Å²) in [4.78, 5) is 0. The first-order chi connectivity index (χ1) is 6.81. The minimum atomic E-state index is 0.926. The maximum absolute atomic E-state index is 3.51. The second kappa shape index (κ2) is 11.0. The normalized spacial score (nSPS) is 13.1. The second-order valence-electron chi connectivity index (χ2n) is 4.47. The fourth-order valence-corrected chi connectivity index (χ4v) is 1.57. The highest BCUT2D eigenvalue weighted by atomic mass is 14.8. The molecule has 0 spiro atoms. The van der Waals surface area contributed by atoms with Crippen LogP contribution in [0.25, 0.3) is 0 Å². The Morgan fingerprint density at radius 1 is 0.929 bits per heavy atom. The summed E-state index contributed by atoms with van der Waals surface area (Å²) in [7, 11) is 0. The molecule has 1 heteroatoms. The van der Waals surface area contributed by atoms with Crippen LogP contribution >= 0.6 is 0 Å². The van der Waals surface area contributed by atoms with Gasteiger partial charge in [0.05, 0.1) is 0 Å². The van der Waals surface area contributed by atoms with Crippen LogP contribution in [0.2, 0.25) is 0 Å². The summed E-state index contributed by atoms with van der Waals surface area (Å²) in [5.74, 6) is 0.926. The van der Waals surface area contributed by atoms with Crippen molar-refractivity contribution in [1.29, 1.82) is 0 Å². The van der Waals surface area contributed by atoms with Gasteiger partial charge >= 0.3 is 0 Å². The fraction of sp³-hybridized carbons (Fsp3) is 1.00. The summed E-state index contributed by atoms with van der Waals surface area (Å²) in [6.07, 6.45) is 9.56. The van der Waals surface area contributed by atoms with Gasteiger partial charge in [-0.15, -0.1) is 0 Å². The second-order valence-corrected chi connectivity index (χ2v) is 4.47. The Bertz CT molecular complexity index is 101. The van der Waals surface area contributed by atoms with Gasteiger partial charge in [0.15, 0.2) is 0 Å². The minimum Gasteiger partial charge on any atom is -0.317 e. The number of hydrogen-bond acceptors (Lipinski definition) is 1. The molecule has 0 heterocycles. The lowest BCUT2D eigenvalue weighted by Crippen LogP contribution is -2.16. The smallest absolute Gasteiger partial charge is 0.00489 e. The van der Waals surface area contributed by atoms with Gasteiger partial charge in [0, 0.05) is 0 Å². The van der Waals surface area contributed by atoms with Crippen molar-refractivity contribution in [3.05, 3.63) is 0 Å². The molecular formula is C13H29N. The molecule has 0 aliphatic carbocycles. The van der Waals surface area contributed by atoms with Crippen LogP contribution in [0.5, 0.6) is 0 Å². The molecule has 0 aromatic heterocycles. The third kappa shape index (κ3) is 10.0. The Labute approximate surface area is 90.7 Å². The molecule has 0 fully saturated rings. The van der Waals surface area contributed by atoms with Crippen LogP contribution in [0.4, 0.5) is 0 Å². The van der Waals surface area contributed by atoms with Crippen molar-refractivity contribution in [1.82, 2.24) is 5.32 Å². The molecule has 0 aromatic carbocycles. The summed E-state index contributed by atoms with van der Waals surface area (Å²) in [5.41, 5.74) is 0. The number of rotatable bonds is 10. The Balaban J connectivity index is 2.92. The number of unbranched alkanes of at least 4 members (excludes halogenated alkanes) is 3. The van der Waals surface area contributed by atoms with Crippen molar-refractivity contribution in [3.63, 3.8) is 0 Å². The van der Waals surface area contributed by atoms with Crippen LogP contribution in [-0.2, 0) is 0 Å². The van der Waals surface area contributed by atoms with Crippen LogP contribution in [0.3, 0.4) is 0 Å². The first-order valence-corrected chi connectivity index (χ1v) is 6.52. The van der Waals surface area contributed by atoms with Gasteiger partial charge in [-0.05, 0) is 31.8 Å². The van der Waals surface area contributed by atoms with Gasteiger partial charge in [-0.25, -0.2) is 0 Å². The average Bonchev–Trinajstić information content (AvgIpc) is 2.21. The Kier molecular flexibility index (Phi) is 11.0. The topological polar surface area (TPSA) is 12.0 Å². The lowest BCUT2D eigenvalue weighted by atomic mass is 10.0. The van der Waals surface area contributed by atoms with Gasteiger partial charge in [0.1, 0.15) is 0 Å². The summed E-state index contributed by atoms with van der Waals surface area (Å²) >= 11 is 0. The number of nitrogens with one attached hydrogen (secondary N) is 1. The molecule has 0 saturated carbocycles. The van der Waals surface area contributed by atoms with Crippen molar-refractivity contribution < 1.29 is 0 Å². The van der Waals surface area contributed by atoms with Gasteiger partial charge in [-0.2, -0.15) is 0 Å². The summed E-state index contributed by atoms with van der Waals surface area (Å²) < 4.78 is 0. The quantitative estimate of drug-likeness (QED) is 0.525. The molecule has 0 radical (unpaired) electrons. The molecule has 0 aromatic rings. The molecule has 0 bridgehead atoms. The van der Waals surface area contributed by atoms with E-state index in [-0.39, 0.29) is 0 Å². The van der Waals surface area contributed by atoms with Gasteiger partial charge in [0.25, 0.3) is 0 Å². The van der Waals surface area contributed by atoms with E-state index in [9.17, 15) is 0 Å². The summed E-state index contributed by atoms with van der Waals surface area (Å²) in [5, 5.41) is 3.51. The molecule has 86 valence electrons. The molecule has 14 heavy (non-hydrogen) atoms. The zero-order valence-corrected chi connectivity index (χ0v) is 10.4. The third-order valence-electron chi connectivity index (χ3n) is 2.95. The minimum absolute atomic E-state index is 0.926. The average molecular weight is 199 g/mol. The van der Waals surface area contributed by atoms with E-state index in [2.05, 4.69) is 26.1 Å². The van der Waals surface area contributed by atoms with Crippen molar-refractivity contribution in [2.24, 2.45) is 5.92 Å². The Hall–Kier alpha value is -0.0400. The molecule has 0 aliphatic heterocycles. The van der Waals surface area contributed by atoms with E-state index in [1.807, 2.05) is 0 Å². The van der Waals surface area contributed by atoms with Gasteiger partial charge in [0.2, 0.25) is 0 Å². The molecule has 1 N–H and O–H groups in total. The van der Waals surface area contributed by atoms with Crippen molar-refractivity contribution >= 4 is 0 Å². The lowest BCUT2D eigenvalue weighted by Gasteiger charge is -2.08. The van der Waals surface area contributed by atoms with E-state index < -0.39 is 0 Å². The SMILES string of the molecule is CCCCCNCCCCC(C)CC. The van der Waals surface area contributed by atoms with E-state index in [0.717, 1.165) is 5.92 Å². The largest absolute Gasteiger partial charge is 0.317 e. The van der Waals surface area contributed by atoms with Crippen LogP contribution in [0.1, 0.15) is 65.7 Å². The van der Waals surface area contributed by atoms with Crippen molar-refractivity contribution in [2.75, 3.05) is 13.1 Å². The Morgan fingerprint density at radius 3 is 2.14 bits per heavy atom. The van der Waals surface area contributed by atoms with Crippen molar-refractivity contribution in [2.45, 2.75) is 65.7 Å². The predicted octanol–water partition coefficient (Wildman–Crippen LogP) is 3.98. The van der Waals surface area contributed by atoms with E-state index in [4.69, 9.17) is 0 Å². The van der Waals surface area contributed by atoms with E-state index in [0.29, 0.717) is 0 Å². The van der Waals surface area contributed by atoms with Crippen LogP contribution in [0.15, 0.2) is 0 Å². The highest BCUT2D eigenvalue weighted by Gasteiger charge is 1.97. The van der Waals surface area contributed by atoms with Crippen LogP contribution < -0.4 is 5.32 Å².